The minimum atomic E-state index is -0.509. The number of rotatable bonds is 5. The molecule has 3 aliphatic rings. The Labute approximate surface area is 206 Å². The van der Waals surface area contributed by atoms with E-state index in [-0.39, 0.29) is 48.0 Å². The molecule has 0 spiro atoms. The number of pyridine rings is 1. The Morgan fingerprint density at radius 2 is 1.92 bits per heavy atom. The number of hydrogen-bond acceptors (Lipinski definition) is 6. The topological polar surface area (TPSA) is 111 Å². The molecule has 36 heavy (non-hydrogen) atoms. The quantitative estimate of drug-likeness (QED) is 0.584. The number of nitrogens with one attached hydrogen (secondary N) is 1. The van der Waals surface area contributed by atoms with Gasteiger partial charge in [0.05, 0.1) is 24.0 Å². The number of nitrogens with zero attached hydrogens (tertiary/aromatic N) is 5. The fourth-order valence-electron chi connectivity index (χ4n) is 5.64. The van der Waals surface area contributed by atoms with Gasteiger partial charge in [-0.15, -0.1) is 0 Å². The molecule has 2 amide bonds. The lowest BCUT2D eigenvalue weighted by molar-refractivity contribution is -0.116. The summed E-state index contributed by atoms with van der Waals surface area (Å²) in [6.07, 6.45) is 6.54. The van der Waals surface area contributed by atoms with Crippen molar-refractivity contribution in [3.05, 3.63) is 57.5 Å². The highest BCUT2D eigenvalue weighted by molar-refractivity contribution is 5.98. The van der Waals surface area contributed by atoms with Gasteiger partial charge in [-0.1, -0.05) is 12.8 Å². The minimum Gasteiger partial charge on any atom is -0.381 e. The molecular formula is C25H27FN6O4. The lowest BCUT2D eigenvalue weighted by Gasteiger charge is -2.23. The van der Waals surface area contributed by atoms with E-state index in [1.165, 1.54) is 16.6 Å². The molecule has 188 valence electrons. The average molecular weight is 495 g/mol. The van der Waals surface area contributed by atoms with Gasteiger partial charge in [0.15, 0.2) is 0 Å². The van der Waals surface area contributed by atoms with Crippen LogP contribution in [0.4, 0.5) is 10.2 Å². The van der Waals surface area contributed by atoms with Gasteiger partial charge in [-0.2, -0.15) is 9.61 Å². The van der Waals surface area contributed by atoms with E-state index in [4.69, 9.17) is 4.74 Å². The molecular weight excluding hydrogens is 467 g/mol. The van der Waals surface area contributed by atoms with Gasteiger partial charge < -0.3 is 19.5 Å². The normalized spacial score (nSPS) is 18.8. The van der Waals surface area contributed by atoms with Gasteiger partial charge >= 0.3 is 0 Å². The van der Waals surface area contributed by atoms with E-state index < -0.39 is 11.7 Å². The Morgan fingerprint density at radius 1 is 1.14 bits per heavy atom. The molecule has 0 radical (unpaired) electrons. The Bertz CT molecular complexity index is 1390. The summed E-state index contributed by atoms with van der Waals surface area (Å²) in [6, 6.07) is 4.48. The summed E-state index contributed by atoms with van der Waals surface area (Å²) in [5, 5.41) is 7.29. The highest BCUT2D eigenvalue weighted by Crippen LogP contribution is 2.32. The fourth-order valence-corrected chi connectivity index (χ4v) is 5.64. The second kappa shape index (κ2) is 9.12. The maximum atomic E-state index is 13.6. The van der Waals surface area contributed by atoms with E-state index in [2.05, 4.69) is 15.4 Å². The maximum absolute atomic E-state index is 13.6. The lowest BCUT2D eigenvalue weighted by atomic mass is 9.97. The van der Waals surface area contributed by atoms with E-state index >= 15 is 0 Å². The Hall–Kier alpha value is -3.60. The number of anilines is 1. The van der Waals surface area contributed by atoms with E-state index in [0.29, 0.717) is 24.4 Å². The first-order valence-corrected chi connectivity index (χ1v) is 12.4. The summed E-state index contributed by atoms with van der Waals surface area (Å²) in [6.45, 7) is 1.26. The number of carbonyl (C=O) groups excluding carboxylic acids is 2. The molecule has 0 atom stereocenters. The number of ether oxygens (including phenoxy) is 1. The standard InChI is InChI=1S/C25H27FN6O4/c26-16-5-6-20(27-12-16)28-21(33)14-31-22-11-19(15-7-9-36-10-8-15)29-32(22)24(34)18-13-30(25(35)23(18)31)17-3-1-2-4-17/h5-6,11-12,15,17H,1-4,7-10,13-14H2,(H,27,28,33). The van der Waals surface area contributed by atoms with Crippen LogP contribution in [0.15, 0.2) is 29.2 Å². The van der Waals surface area contributed by atoms with Crippen molar-refractivity contribution in [1.82, 2.24) is 24.1 Å². The summed E-state index contributed by atoms with van der Waals surface area (Å²) < 4.78 is 21.6. The molecule has 11 heteroatoms. The molecule has 1 aliphatic carbocycles. The molecule has 1 saturated carbocycles. The van der Waals surface area contributed by atoms with Crippen molar-refractivity contribution in [2.75, 3.05) is 18.5 Å². The molecule has 3 aromatic rings. The van der Waals surface area contributed by atoms with E-state index in [1.54, 1.807) is 9.47 Å². The van der Waals surface area contributed by atoms with Crippen LogP contribution in [0, 0.1) is 5.82 Å². The van der Waals surface area contributed by atoms with Gasteiger partial charge in [0.1, 0.15) is 29.5 Å². The smallest absolute Gasteiger partial charge is 0.280 e. The van der Waals surface area contributed by atoms with Crippen LogP contribution in [-0.4, -0.2) is 55.1 Å². The third kappa shape index (κ3) is 3.97. The first kappa shape index (κ1) is 22.8. The molecule has 0 unspecified atom stereocenters. The zero-order valence-electron chi connectivity index (χ0n) is 19.8. The second-order valence-electron chi connectivity index (χ2n) is 9.73. The lowest BCUT2D eigenvalue weighted by Crippen LogP contribution is -2.34. The fraction of sp³-hybridized carbons (Fsp3) is 0.480. The van der Waals surface area contributed by atoms with Gasteiger partial charge in [-0.3, -0.25) is 14.4 Å². The van der Waals surface area contributed by atoms with Crippen molar-refractivity contribution >= 4 is 23.3 Å². The van der Waals surface area contributed by atoms with Crippen LogP contribution in [0.5, 0.6) is 0 Å². The van der Waals surface area contributed by atoms with Gasteiger partial charge in [0, 0.05) is 31.2 Å². The second-order valence-corrected chi connectivity index (χ2v) is 9.73. The summed E-state index contributed by atoms with van der Waals surface area (Å²) >= 11 is 0. The molecule has 6 rings (SSSR count). The summed E-state index contributed by atoms with van der Waals surface area (Å²) in [4.78, 5) is 45.8. The zero-order valence-corrected chi connectivity index (χ0v) is 19.8. The van der Waals surface area contributed by atoms with E-state index in [0.717, 1.165) is 50.4 Å². The molecule has 2 fully saturated rings. The monoisotopic (exact) mass is 494 g/mol. The number of halogens is 1. The SMILES string of the molecule is O=C(Cn1c2c(c(=O)n3nc(C4CCOCC4)cc13)CN(C1CCCC1)C2=O)Nc1ccc(F)cn1. The van der Waals surface area contributed by atoms with Gasteiger partial charge in [0.2, 0.25) is 5.91 Å². The van der Waals surface area contributed by atoms with Crippen molar-refractivity contribution in [3.63, 3.8) is 0 Å². The van der Waals surface area contributed by atoms with Crippen LogP contribution >= 0.6 is 0 Å². The summed E-state index contributed by atoms with van der Waals surface area (Å²) in [7, 11) is 0. The third-order valence-corrected chi connectivity index (χ3v) is 7.49. The molecule has 0 bridgehead atoms. The predicted octanol–water partition coefficient (Wildman–Crippen LogP) is 2.46. The van der Waals surface area contributed by atoms with E-state index in [9.17, 15) is 18.8 Å². The predicted molar refractivity (Wildman–Crippen MR) is 127 cm³/mol. The molecule has 1 saturated heterocycles. The maximum Gasteiger partial charge on any atom is 0.280 e. The Kier molecular flexibility index (Phi) is 5.79. The van der Waals surface area contributed by atoms with Crippen LogP contribution in [0.1, 0.15) is 66.2 Å². The third-order valence-electron chi connectivity index (χ3n) is 7.49. The zero-order chi connectivity index (χ0) is 24.8. The van der Waals surface area contributed by atoms with Crippen LogP contribution < -0.4 is 10.9 Å². The highest BCUT2D eigenvalue weighted by Gasteiger charge is 2.39. The van der Waals surface area contributed by atoms with Gasteiger partial charge in [0.25, 0.3) is 11.5 Å². The number of hydrogen-bond donors (Lipinski definition) is 1. The average Bonchev–Trinajstić information content (AvgIpc) is 3.63. The van der Waals surface area contributed by atoms with Crippen LogP contribution in [0.3, 0.4) is 0 Å². The summed E-state index contributed by atoms with van der Waals surface area (Å²) in [5.74, 6) is -0.832. The Morgan fingerprint density at radius 3 is 2.64 bits per heavy atom. The molecule has 10 nitrogen and oxygen atoms in total. The minimum absolute atomic E-state index is 0.0973. The van der Waals surface area contributed by atoms with E-state index in [1.807, 2.05) is 6.07 Å². The summed E-state index contributed by atoms with van der Waals surface area (Å²) in [5.41, 5.74) is 1.47. The molecule has 1 N–H and O–H groups in total. The number of fused-ring (bicyclic) bond motifs is 2. The van der Waals surface area contributed by atoms with Crippen molar-refractivity contribution in [1.29, 1.82) is 0 Å². The van der Waals surface area contributed by atoms with Gasteiger partial charge in [-0.25, -0.2) is 9.37 Å². The molecule has 5 heterocycles. The molecule has 2 aliphatic heterocycles. The van der Waals surface area contributed by atoms with Crippen LogP contribution in [0.2, 0.25) is 0 Å². The number of aromatic nitrogens is 4. The van der Waals surface area contributed by atoms with Crippen LogP contribution in [-0.2, 0) is 22.6 Å². The first-order valence-electron chi connectivity index (χ1n) is 12.4. The van der Waals surface area contributed by atoms with Crippen LogP contribution in [0.25, 0.3) is 5.65 Å². The number of amides is 2. The van der Waals surface area contributed by atoms with Crippen molar-refractivity contribution < 1.29 is 18.7 Å². The molecule has 0 aromatic carbocycles. The first-order chi connectivity index (χ1) is 17.5. The Balaban J connectivity index is 1.42. The van der Waals surface area contributed by atoms with Crippen molar-refractivity contribution in [2.24, 2.45) is 0 Å². The van der Waals surface area contributed by atoms with Gasteiger partial charge in [-0.05, 0) is 37.8 Å². The highest BCUT2D eigenvalue weighted by atomic mass is 19.1. The van der Waals surface area contributed by atoms with Crippen molar-refractivity contribution in [3.8, 4) is 0 Å². The molecule has 3 aromatic heterocycles. The van der Waals surface area contributed by atoms with Crippen molar-refractivity contribution in [2.45, 2.75) is 63.6 Å². The largest absolute Gasteiger partial charge is 0.381 e. The number of carbonyl (C=O) groups is 2.